The first kappa shape index (κ1) is 31.1. The predicted octanol–water partition coefficient (Wildman–Crippen LogP) is 5.49. The number of hydrazine groups is 1. The Kier molecular flexibility index (Phi) is 8.35. The van der Waals surface area contributed by atoms with Crippen LogP contribution in [0.3, 0.4) is 0 Å². The average Bonchev–Trinajstić information content (AvgIpc) is 3.64. The summed E-state index contributed by atoms with van der Waals surface area (Å²) in [5, 5.41) is 12.6. The van der Waals surface area contributed by atoms with Crippen LogP contribution in [-0.4, -0.2) is 60.6 Å². The van der Waals surface area contributed by atoms with Gasteiger partial charge in [0.2, 0.25) is 0 Å². The van der Waals surface area contributed by atoms with E-state index in [1.807, 2.05) is 0 Å². The smallest absolute Gasteiger partial charge is 0.343 e. The fraction of sp³-hybridized carbons (Fsp3) is 0.258. The van der Waals surface area contributed by atoms with E-state index in [0.717, 1.165) is 10.0 Å². The topological polar surface area (TPSA) is 144 Å². The number of imide groups is 1. The van der Waals surface area contributed by atoms with E-state index in [2.05, 4.69) is 31.9 Å². The van der Waals surface area contributed by atoms with E-state index in [4.69, 9.17) is 16.3 Å². The van der Waals surface area contributed by atoms with E-state index in [1.165, 1.54) is 60.7 Å². The summed E-state index contributed by atoms with van der Waals surface area (Å²) in [4.78, 5) is 77.7. The highest BCUT2D eigenvalue weighted by Crippen LogP contribution is 2.60. The molecule has 0 aromatic heterocycles. The highest BCUT2D eigenvalue weighted by molar-refractivity contribution is 9.12. The lowest BCUT2D eigenvalue weighted by atomic mass is 9.81. The van der Waals surface area contributed by atoms with Crippen LogP contribution in [0, 0.1) is 33.8 Å². The summed E-state index contributed by atoms with van der Waals surface area (Å²) in [6.07, 6.45) is 0.699. The number of fused-ring (bicyclic) bond motifs is 5. The van der Waals surface area contributed by atoms with Crippen LogP contribution in [-0.2, 0) is 9.59 Å². The summed E-state index contributed by atoms with van der Waals surface area (Å²) >= 11 is 13.6. The first-order chi connectivity index (χ1) is 21.5. The molecule has 2 bridgehead atoms. The van der Waals surface area contributed by atoms with Crippen LogP contribution in [0.4, 0.5) is 5.69 Å². The van der Waals surface area contributed by atoms with Crippen molar-refractivity contribution in [3.63, 3.8) is 0 Å². The lowest BCUT2D eigenvalue weighted by molar-refractivity contribution is -0.384. The Bertz CT molecular complexity index is 1720. The van der Waals surface area contributed by atoms with E-state index in [0.29, 0.717) is 6.42 Å². The van der Waals surface area contributed by atoms with Gasteiger partial charge in [0.25, 0.3) is 23.4 Å². The van der Waals surface area contributed by atoms with Crippen LogP contribution in [0.15, 0.2) is 72.8 Å². The number of carbonyl (C=O) groups excluding carboxylic acids is 5. The summed E-state index contributed by atoms with van der Waals surface area (Å²) in [6, 6.07) is 16.6. The number of ketones is 1. The first-order valence-electron chi connectivity index (χ1n) is 13.8. The molecule has 3 aromatic rings. The number of Topliss-reactive ketones (excluding diaryl/α,β-unsaturated/α-hetero) is 1. The number of ether oxygens (including phenoxy) is 1. The number of nitrogens with zero attached hydrogens (tertiary/aromatic N) is 3. The number of hydrogen-bond acceptors (Lipinski definition) is 8. The molecule has 230 valence electrons. The van der Waals surface area contributed by atoms with Gasteiger partial charge in [-0.25, -0.2) is 9.80 Å². The number of non-ortho nitro benzene ring substituents is 1. The van der Waals surface area contributed by atoms with Crippen LogP contribution in [0.2, 0.25) is 5.02 Å². The summed E-state index contributed by atoms with van der Waals surface area (Å²) < 4.78 is 5.32. The Morgan fingerprint density at radius 3 is 2.00 bits per heavy atom. The van der Waals surface area contributed by atoms with Crippen LogP contribution in [0.25, 0.3) is 0 Å². The molecule has 2 aliphatic carbocycles. The zero-order valence-corrected chi connectivity index (χ0v) is 27.0. The van der Waals surface area contributed by atoms with Gasteiger partial charge in [-0.15, -0.1) is 0 Å². The van der Waals surface area contributed by atoms with Crippen molar-refractivity contribution in [3.8, 4) is 5.75 Å². The van der Waals surface area contributed by atoms with Gasteiger partial charge >= 0.3 is 5.97 Å². The minimum absolute atomic E-state index is 0.0113. The minimum atomic E-state index is -0.776. The summed E-state index contributed by atoms with van der Waals surface area (Å²) in [7, 11) is 0. The number of nitro groups is 1. The van der Waals surface area contributed by atoms with Crippen molar-refractivity contribution < 1.29 is 33.6 Å². The number of esters is 1. The van der Waals surface area contributed by atoms with E-state index >= 15 is 0 Å². The zero-order chi connectivity index (χ0) is 32.2. The standard InChI is InChI=1S/C31H22Br2ClN3O8/c32-26-20-13-21(27(26)33)25-24(20)29(40)36(30(25)41)35(28(39)19-3-1-2-4-22(19)34)14-23(38)15-7-11-18(12-8-15)45-31(42)16-5-9-17(10-6-16)37(43)44/h1-12,20-21,24-27H,13-14H2/t20-,21-,24-,25+,26-,27+/m1/s1. The van der Waals surface area contributed by atoms with E-state index in [-0.39, 0.29) is 54.6 Å². The zero-order valence-electron chi connectivity index (χ0n) is 23.0. The van der Waals surface area contributed by atoms with Gasteiger partial charge in [0.1, 0.15) is 12.3 Å². The van der Waals surface area contributed by atoms with Crippen molar-refractivity contribution in [2.45, 2.75) is 16.1 Å². The molecule has 2 saturated carbocycles. The van der Waals surface area contributed by atoms with Crippen molar-refractivity contribution in [2.24, 2.45) is 23.7 Å². The van der Waals surface area contributed by atoms with E-state index in [1.54, 1.807) is 12.1 Å². The molecule has 3 aromatic carbocycles. The number of amides is 3. The highest BCUT2D eigenvalue weighted by Gasteiger charge is 2.67. The van der Waals surface area contributed by atoms with Gasteiger partial charge < -0.3 is 4.74 Å². The number of alkyl halides is 2. The molecule has 11 nitrogen and oxygen atoms in total. The number of halogens is 3. The molecule has 0 radical (unpaired) electrons. The molecule has 0 unspecified atom stereocenters. The molecule has 3 fully saturated rings. The van der Waals surface area contributed by atoms with Crippen LogP contribution >= 0.6 is 43.5 Å². The maximum atomic E-state index is 13.8. The fourth-order valence-electron chi connectivity index (χ4n) is 6.40. The largest absolute Gasteiger partial charge is 0.423 e. The molecule has 45 heavy (non-hydrogen) atoms. The number of nitro benzene ring substituents is 1. The average molecular weight is 760 g/mol. The molecule has 0 N–H and O–H groups in total. The third kappa shape index (κ3) is 5.46. The highest BCUT2D eigenvalue weighted by atomic mass is 79.9. The summed E-state index contributed by atoms with van der Waals surface area (Å²) in [6.45, 7) is -0.631. The summed E-state index contributed by atoms with van der Waals surface area (Å²) in [5.74, 6) is -4.48. The maximum Gasteiger partial charge on any atom is 0.343 e. The van der Waals surface area contributed by atoms with Gasteiger partial charge in [-0.05, 0) is 66.8 Å². The minimum Gasteiger partial charge on any atom is -0.423 e. The lowest BCUT2D eigenvalue weighted by Crippen LogP contribution is -2.52. The third-order valence-electron chi connectivity index (χ3n) is 8.54. The Morgan fingerprint density at radius 1 is 0.889 bits per heavy atom. The van der Waals surface area contributed by atoms with Crippen LogP contribution < -0.4 is 4.74 Å². The Balaban J connectivity index is 1.23. The molecule has 6 atom stereocenters. The van der Waals surface area contributed by atoms with Gasteiger partial charge in [0.05, 0.1) is 32.9 Å². The maximum absolute atomic E-state index is 13.8. The molecule has 14 heteroatoms. The first-order valence-corrected chi connectivity index (χ1v) is 16.0. The third-order valence-corrected chi connectivity index (χ3v) is 12.1. The quantitative estimate of drug-likeness (QED) is 0.0559. The van der Waals surface area contributed by atoms with Crippen molar-refractivity contribution in [1.82, 2.24) is 10.0 Å². The molecule has 3 aliphatic rings. The fourth-order valence-corrected chi connectivity index (χ4v) is 8.49. The van der Waals surface area contributed by atoms with Crippen LogP contribution in [0.1, 0.15) is 37.5 Å². The van der Waals surface area contributed by atoms with Gasteiger partial charge in [-0.2, -0.15) is 5.01 Å². The summed E-state index contributed by atoms with van der Waals surface area (Å²) in [5.41, 5.74) is 0.0643. The normalized spacial score (nSPS) is 24.8. The molecular formula is C31H22Br2ClN3O8. The number of benzene rings is 3. The Hall–Kier alpha value is -3.94. The van der Waals surface area contributed by atoms with Gasteiger partial charge in [0, 0.05) is 27.4 Å². The predicted molar refractivity (Wildman–Crippen MR) is 167 cm³/mol. The molecule has 1 aliphatic heterocycles. The van der Waals surface area contributed by atoms with Gasteiger partial charge in [0.15, 0.2) is 5.78 Å². The monoisotopic (exact) mass is 757 g/mol. The second-order valence-electron chi connectivity index (χ2n) is 11.0. The molecule has 3 amide bonds. The van der Waals surface area contributed by atoms with Crippen molar-refractivity contribution >= 4 is 78.6 Å². The second kappa shape index (κ2) is 12.1. The van der Waals surface area contributed by atoms with Crippen LogP contribution in [0.5, 0.6) is 5.75 Å². The number of rotatable bonds is 8. The van der Waals surface area contributed by atoms with Gasteiger partial charge in [-0.1, -0.05) is 55.6 Å². The van der Waals surface area contributed by atoms with Crippen molar-refractivity contribution in [3.05, 3.63) is 105 Å². The molecule has 1 heterocycles. The van der Waals surface area contributed by atoms with E-state index in [9.17, 15) is 34.1 Å². The second-order valence-corrected chi connectivity index (χ2v) is 13.5. The van der Waals surface area contributed by atoms with Crippen molar-refractivity contribution in [2.75, 3.05) is 6.54 Å². The van der Waals surface area contributed by atoms with Gasteiger partial charge in [-0.3, -0.25) is 29.3 Å². The number of hydrogen-bond donors (Lipinski definition) is 0. The Labute approximate surface area is 277 Å². The van der Waals surface area contributed by atoms with E-state index < -0.39 is 52.8 Å². The Morgan fingerprint density at radius 2 is 1.44 bits per heavy atom. The lowest BCUT2D eigenvalue weighted by Gasteiger charge is -2.31. The molecule has 1 saturated heterocycles. The SMILES string of the molecule is O=C(CN(C(=O)c1ccccc1Cl)N1C(=O)[C@@H]2[C@H]3C[C@@H]([C@H](Br)[C@@H]3Br)[C@@H]2C1=O)c1ccc(OC(=O)c2ccc([N+](=O)[O-])cc2)cc1. The molecule has 6 rings (SSSR count). The number of carbonyl (C=O) groups is 5. The van der Waals surface area contributed by atoms with Crippen molar-refractivity contribution in [1.29, 1.82) is 0 Å². The molecular weight excluding hydrogens is 738 g/mol. The molecule has 0 spiro atoms.